The molecule has 1 rings (SSSR count). The van der Waals surface area contributed by atoms with Crippen LogP contribution >= 0.6 is 12.4 Å². The van der Waals surface area contributed by atoms with Crippen molar-refractivity contribution in [1.29, 1.82) is 0 Å². The molecular formula is C5H13ClN2O. The summed E-state index contributed by atoms with van der Waals surface area (Å²) in [5.41, 5.74) is 2.69. The Labute approximate surface area is 61.3 Å². The Balaban J connectivity index is 0.000000640. The van der Waals surface area contributed by atoms with Gasteiger partial charge in [-0.05, 0) is 13.3 Å². The van der Waals surface area contributed by atoms with Crippen LogP contribution in [0.1, 0.15) is 13.3 Å². The lowest BCUT2D eigenvalue weighted by Gasteiger charge is -2.10. The van der Waals surface area contributed by atoms with Crippen molar-refractivity contribution in [3.63, 3.8) is 0 Å². The highest BCUT2D eigenvalue weighted by atomic mass is 35.5. The van der Waals surface area contributed by atoms with Gasteiger partial charge in [0.25, 0.3) is 0 Å². The minimum atomic E-state index is 0. The molecule has 2 unspecified atom stereocenters. The highest BCUT2D eigenvalue weighted by Gasteiger charge is 2.21. The monoisotopic (exact) mass is 152 g/mol. The molecule has 0 aromatic heterocycles. The average molecular weight is 153 g/mol. The van der Waals surface area contributed by atoms with E-state index in [2.05, 4.69) is 5.43 Å². The summed E-state index contributed by atoms with van der Waals surface area (Å²) in [5, 5.41) is 0. The zero-order valence-corrected chi connectivity index (χ0v) is 6.28. The van der Waals surface area contributed by atoms with E-state index in [1.54, 1.807) is 0 Å². The lowest BCUT2D eigenvalue weighted by molar-refractivity contribution is 0.113. The number of nitrogens with two attached hydrogens (primary N) is 1. The Morgan fingerprint density at radius 2 is 2.33 bits per heavy atom. The molecule has 4 heteroatoms. The van der Waals surface area contributed by atoms with Crippen LogP contribution in [-0.2, 0) is 4.74 Å². The van der Waals surface area contributed by atoms with Crippen LogP contribution in [0, 0.1) is 0 Å². The predicted molar refractivity (Wildman–Crippen MR) is 38.4 cm³/mol. The highest BCUT2D eigenvalue weighted by molar-refractivity contribution is 5.85. The fourth-order valence-electron chi connectivity index (χ4n) is 0.951. The quantitative estimate of drug-likeness (QED) is 0.412. The standard InChI is InChI=1S/C5H12N2O.ClH/c1-4-5(7-6)2-3-8-4;/h4-5,7H,2-3,6H2,1H3;1H. The van der Waals surface area contributed by atoms with Gasteiger partial charge in [0.1, 0.15) is 0 Å². The SMILES string of the molecule is CC1OCCC1NN.Cl. The molecule has 9 heavy (non-hydrogen) atoms. The third-order valence-corrected chi connectivity index (χ3v) is 1.59. The summed E-state index contributed by atoms with van der Waals surface area (Å²) in [5.74, 6) is 5.19. The largest absolute Gasteiger partial charge is 0.377 e. The van der Waals surface area contributed by atoms with Crippen molar-refractivity contribution in [2.24, 2.45) is 5.84 Å². The van der Waals surface area contributed by atoms with E-state index in [-0.39, 0.29) is 12.4 Å². The summed E-state index contributed by atoms with van der Waals surface area (Å²) < 4.78 is 5.21. The number of halogens is 1. The van der Waals surface area contributed by atoms with E-state index in [4.69, 9.17) is 10.6 Å². The highest BCUT2D eigenvalue weighted by Crippen LogP contribution is 2.10. The second-order valence-corrected chi connectivity index (χ2v) is 2.14. The van der Waals surface area contributed by atoms with E-state index >= 15 is 0 Å². The summed E-state index contributed by atoms with van der Waals surface area (Å²) in [6.45, 7) is 2.87. The van der Waals surface area contributed by atoms with E-state index < -0.39 is 0 Å². The van der Waals surface area contributed by atoms with Gasteiger partial charge in [-0.2, -0.15) is 0 Å². The van der Waals surface area contributed by atoms with E-state index in [0.717, 1.165) is 13.0 Å². The van der Waals surface area contributed by atoms with Crippen molar-refractivity contribution < 1.29 is 4.74 Å². The van der Waals surface area contributed by atoms with Gasteiger partial charge in [-0.15, -0.1) is 12.4 Å². The van der Waals surface area contributed by atoms with Crippen LogP contribution in [-0.4, -0.2) is 18.8 Å². The second-order valence-electron chi connectivity index (χ2n) is 2.14. The lowest BCUT2D eigenvalue weighted by Crippen LogP contribution is -2.39. The van der Waals surface area contributed by atoms with Crippen molar-refractivity contribution in [1.82, 2.24) is 5.43 Å². The Bertz CT molecular complexity index is 81.4. The molecule has 0 saturated carbocycles. The molecule has 0 aromatic carbocycles. The van der Waals surface area contributed by atoms with Crippen LogP contribution < -0.4 is 11.3 Å². The van der Waals surface area contributed by atoms with E-state index in [0.29, 0.717) is 12.1 Å². The minimum Gasteiger partial charge on any atom is -0.377 e. The number of hydrogen-bond acceptors (Lipinski definition) is 3. The molecule has 0 spiro atoms. The first-order chi connectivity index (χ1) is 3.84. The molecule has 0 aliphatic carbocycles. The van der Waals surface area contributed by atoms with Gasteiger partial charge in [0.05, 0.1) is 6.10 Å². The fourth-order valence-corrected chi connectivity index (χ4v) is 0.951. The van der Waals surface area contributed by atoms with Gasteiger partial charge in [-0.25, -0.2) is 0 Å². The van der Waals surface area contributed by atoms with E-state index in [1.165, 1.54) is 0 Å². The molecule has 1 saturated heterocycles. The molecule has 0 amide bonds. The maximum atomic E-state index is 5.21. The van der Waals surface area contributed by atoms with Gasteiger partial charge in [0, 0.05) is 12.6 Å². The number of hydrazine groups is 1. The molecule has 1 aliphatic rings. The first-order valence-electron chi connectivity index (χ1n) is 2.92. The second kappa shape index (κ2) is 4.06. The Morgan fingerprint density at radius 3 is 2.56 bits per heavy atom. The molecular weight excluding hydrogens is 140 g/mol. The van der Waals surface area contributed by atoms with Crippen LogP contribution in [0.3, 0.4) is 0 Å². The maximum Gasteiger partial charge on any atom is 0.0714 e. The molecule has 2 atom stereocenters. The van der Waals surface area contributed by atoms with Crippen LogP contribution in [0.2, 0.25) is 0 Å². The van der Waals surface area contributed by atoms with Gasteiger partial charge in [-0.3, -0.25) is 11.3 Å². The third-order valence-electron chi connectivity index (χ3n) is 1.59. The van der Waals surface area contributed by atoms with Crippen molar-refractivity contribution in [2.45, 2.75) is 25.5 Å². The normalized spacial score (nSPS) is 34.0. The Morgan fingerprint density at radius 1 is 1.67 bits per heavy atom. The molecule has 0 radical (unpaired) electrons. The van der Waals surface area contributed by atoms with Crippen molar-refractivity contribution >= 4 is 12.4 Å². The molecule has 0 bridgehead atoms. The molecule has 1 heterocycles. The van der Waals surface area contributed by atoms with Crippen molar-refractivity contribution in [2.75, 3.05) is 6.61 Å². The third kappa shape index (κ3) is 2.10. The topological polar surface area (TPSA) is 47.3 Å². The molecule has 3 N–H and O–H groups in total. The summed E-state index contributed by atoms with van der Waals surface area (Å²) in [6.07, 6.45) is 1.33. The molecule has 0 aromatic rings. The number of nitrogens with one attached hydrogen (secondary N) is 1. The van der Waals surface area contributed by atoms with Crippen LogP contribution in [0.15, 0.2) is 0 Å². The van der Waals surface area contributed by atoms with E-state index in [9.17, 15) is 0 Å². The van der Waals surface area contributed by atoms with Gasteiger partial charge >= 0.3 is 0 Å². The minimum absolute atomic E-state index is 0. The fraction of sp³-hybridized carbons (Fsp3) is 1.00. The van der Waals surface area contributed by atoms with Crippen LogP contribution in [0.4, 0.5) is 0 Å². The van der Waals surface area contributed by atoms with E-state index in [1.807, 2.05) is 6.92 Å². The first-order valence-corrected chi connectivity index (χ1v) is 2.92. The summed E-state index contributed by atoms with van der Waals surface area (Å²) in [4.78, 5) is 0. The maximum absolute atomic E-state index is 5.21. The van der Waals surface area contributed by atoms with Gasteiger partial charge in [-0.1, -0.05) is 0 Å². The zero-order chi connectivity index (χ0) is 5.98. The van der Waals surface area contributed by atoms with Gasteiger partial charge in [0.2, 0.25) is 0 Å². The summed E-state index contributed by atoms with van der Waals surface area (Å²) >= 11 is 0. The van der Waals surface area contributed by atoms with Crippen molar-refractivity contribution in [3.05, 3.63) is 0 Å². The van der Waals surface area contributed by atoms with Crippen molar-refractivity contribution in [3.8, 4) is 0 Å². The molecule has 1 fully saturated rings. The zero-order valence-electron chi connectivity index (χ0n) is 5.46. The van der Waals surface area contributed by atoms with Crippen LogP contribution in [0.25, 0.3) is 0 Å². The number of ether oxygens (including phenoxy) is 1. The van der Waals surface area contributed by atoms with Gasteiger partial charge < -0.3 is 4.74 Å². The number of rotatable bonds is 1. The summed E-state index contributed by atoms with van der Waals surface area (Å²) in [6, 6.07) is 0.370. The average Bonchev–Trinajstić information content (AvgIpc) is 2.14. The predicted octanol–water partition coefficient (Wildman–Crippen LogP) is 0.0489. The van der Waals surface area contributed by atoms with Crippen LogP contribution in [0.5, 0.6) is 0 Å². The molecule has 3 nitrogen and oxygen atoms in total. The smallest absolute Gasteiger partial charge is 0.0714 e. The molecule has 56 valence electrons. The number of hydrogen-bond donors (Lipinski definition) is 2. The molecule has 1 aliphatic heterocycles. The van der Waals surface area contributed by atoms with Gasteiger partial charge in [0.15, 0.2) is 0 Å². The summed E-state index contributed by atoms with van der Waals surface area (Å²) in [7, 11) is 0. The Hall–Kier alpha value is 0.170. The Kier molecular flexibility index (Phi) is 4.14. The lowest BCUT2D eigenvalue weighted by atomic mass is 10.2. The first kappa shape index (κ1) is 9.17.